The summed E-state index contributed by atoms with van der Waals surface area (Å²) >= 11 is 0. The first-order chi connectivity index (χ1) is 6.77. The van der Waals surface area contributed by atoms with Crippen molar-refractivity contribution >= 4 is 0 Å². The zero-order valence-electron chi connectivity index (χ0n) is 9.63. The van der Waals surface area contributed by atoms with E-state index in [0.717, 1.165) is 17.9 Å². The lowest BCUT2D eigenvalue weighted by atomic mass is 9.86. The van der Waals surface area contributed by atoms with Crippen LogP contribution in [0.5, 0.6) is 0 Å². The van der Waals surface area contributed by atoms with E-state index in [1.165, 1.54) is 45.4 Å². The van der Waals surface area contributed by atoms with Gasteiger partial charge in [0.25, 0.3) is 0 Å². The molecule has 2 rings (SSSR count). The molecular formula is C12H24N2. The van der Waals surface area contributed by atoms with Gasteiger partial charge in [-0.15, -0.1) is 0 Å². The smallest absolute Gasteiger partial charge is 0.0220 e. The van der Waals surface area contributed by atoms with Crippen LogP contribution in [0.2, 0.25) is 0 Å². The predicted octanol–water partition coefficient (Wildman–Crippen LogP) is 1.72. The summed E-state index contributed by atoms with van der Waals surface area (Å²) in [5, 5.41) is 3.55. The van der Waals surface area contributed by atoms with Crippen molar-refractivity contribution < 1.29 is 0 Å². The monoisotopic (exact) mass is 196 g/mol. The molecule has 2 nitrogen and oxygen atoms in total. The minimum Gasteiger partial charge on any atom is -0.315 e. The molecule has 0 radical (unpaired) electrons. The van der Waals surface area contributed by atoms with Gasteiger partial charge in [-0.05, 0) is 31.2 Å². The first-order valence-corrected chi connectivity index (χ1v) is 6.22. The van der Waals surface area contributed by atoms with E-state index in [9.17, 15) is 0 Å². The number of hydrogen-bond donors (Lipinski definition) is 1. The molecule has 1 unspecified atom stereocenters. The van der Waals surface area contributed by atoms with Gasteiger partial charge < -0.3 is 5.32 Å². The zero-order valence-corrected chi connectivity index (χ0v) is 9.63. The van der Waals surface area contributed by atoms with Gasteiger partial charge in [-0.2, -0.15) is 0 Å². The largest absolute Gasteiger partial charge is 0.315 e. The van der Waals surface area contributed by atoms with Crippen LogP contribution in [0.1, 0.15) is 33.1 Å². The third-order valence-electron chi connectivity index (χ3n) is 3.92. The topological polar surface area (TPSA) is 15.3 Å². The van der Waals surface area contributed by atoms with E-state index in [1.807, 2.05) is 0 Å². The Hall–Kier alpha value is -0.0800. The number of nitrogens with one attached hydrogen (secondary N) is 1. The second kappa shape index (κ2) is 4.63. The Kier molecular flexibility index (Phi) is 3.45. The van der Waals surface area contributed by atoms with Crippen LogP contribution in [0.25, 0.3) is 0 Å². The fourth-order valence-electron chi connectivity index (χ4n) is 2.58. The average Bonchev–Trinajstić information content (AvgIpc) is 2.29. The highest BCUT2D eigenvalue weighted by Crippen LogP contribution is 2.27. The molecule has 0 bridgehead atoms. The Morgan fingerprint density at radius 3 is 2.71 bits per heavy atom. The molecule has 2 heteroatoms. The molecule has 2 saturated heterocycles. The average molecular weight is 196 g/mol. The molecule has 1 N–H and O–H groups in total. The highest BCUT2D eigenvalue weighted by molar-refractivity contribution is 4.88. The molecule has 1 atom stereocenters. The Bertz CT molecular complexity index is 165. The number of rotatable bonds is 2. The minimum absolute atomic E-state index is 0.840. The molecule has 0 aromatic heterocycles. The van der Waals surface area contributed by atoms with Gasteiger partial charge in [-0.3, -0.25) is 4.90 Å². The summed E-state index contributed by atoms with van der Waals surface area (Å²) in [6, 6.07) is 0.840. The van der Waals surface area contributed by atoms with E-state index in [4.69, 9.17) is 0 Å². The third-order valence-corrected chi connectivity index (χ3v) is 3.92. The molecule has 0 spiro atoms. The van der Waals surface area contributed by atoms with E-state index >= 15 is 0 Å². The maximum absolute atomic E-state index is 3.55. The van der Waals surface area contributed by atoms with Gasteiger partial charge in [-0.25, -0.2) is 0 Å². The van der Waals surface area contributed by atoms with Crippen molar-refractivity contribution in [2.24, 2.45) is 11.8 Å². The predicted molar refractivity (Wildman–Crippen MR) is 60.4 cm³/mol. The van der Waals surface area contributed by atoms with Gasteiger partial charge in [0.05, 0.1) is 0 Å². The molecule has 2 aliphatic rings. The van der Waals surface area contributed by atoms with Crippen molar-refractivity contribution in [1.29, 1.82) is 0 Å². The van der Waals surface area contributed by atoms with E-state index in [1.54, 1.807) is 0 Å². The second-order valence-corrected chi connectivity index (χ2v) is 5.31. The van der Waals surface area contributed by atoms with E-state index < -0.39 is 0 Å². The maximum Gasteiger partial charge on any atom is 0.0220 e. The van der Waals surface area contributed by atoms with Crippen molar-refractivity contribution in [3.05, 3.63) is 0 Å². The van der Waals surface area contributed by atoms with Crippen LogP contribution in [0.3, 0.4) is 0 Å². The van der Waals surface area contributed by atoms with Gasteiger partial charge in [-0.1, -0.05) is 20.3 Å². The number of hydrogen-bond acceptors (Lipinski definition) is 2. The standard InChI is InChI=1S/C12H24N2/c1-10(2)11-8-14(9-11)12-5-3-4-6-13-7-12/h10-13H,3-9H2,1-2H3. The molecule has 14 heavy (non-hydrogen) atoms. The van der Waals surface area contributed by atoms with Crippen molar-refractivity contribution in [2.45, 2.75) is 39.2 Å². The van der Waals surface area contributed by atoms with Crippen LogP contribution in [0, 0.1) is 11.8 Å². The van der Waals surface area contributed by atoms with Gasteiger partial charge in [0, 0.05) is 25.7 Å². The van der Waals surface area contributed by atoms with Gasteiger partial charge >= 0.3 is 0 Å². The lowest BCUT2D eigenvalue weighted by Crippen LogP contribution is -2.55. The van der Waals surface area contributed by atoms with Gasteiger partial charge in [0.1, 0.15) is 0 Å². The normalized spacial score (nSPS) is 31.5. The minimum atomic E-state index is 0.840. The van der Waals surface area contributed by atoms with Gasteiger partial charge in [0.2, 0.25) is 0 Å². The second-order valence-electron chi connectivity index (χ2n) is 5.31. The van der Waals surface area contributed by atoms with E-state index in [0.29, 0.717) is 0 Å². The van der Waals surface area contributed by atoms with Crippen LogP contribution < -0.4 is 5.32 Å². The molecule has 0 amide bonds. The Morgan fingerprint density at radius 1 is 1.21 bits per heavy atom. The molecule has 0 saturated carbocycles. The Morgan fingerprint density at radius 2 is 2.00 bits per heavy atom. The van der Waals surface area contributed by atoms with Crippen molar-refractivity contribution in [3.63, 3.8) is 0 Å². The Labute approximate surface area is 88.1 Å². The van der Waals surface area contributed by atoms with E-state index in [2.05, 4.69) is 24.1 Å². The zero-order chi connectivity index (χ0) is 9.97. The molecule has 2 heterocycles. The Balaban J connectivity index is 1.74. The van der Waals surface area contributed by atoms with E-state index in [-0.39, 0.29) is 0 Å². The van der Waals surface area contributed by atoms with Gasteiger partial charge in [0.15, 0.2) is 0 Å². The first-order valence-electron chi connectivity index (χ1n) is 6.22. The maximum atomic E-state index is 3.55. The molecule has 0 aromatic carbocycles. The summed E-state index contributed by atoms with van der Waals surface area (Å²) in [5.41, 5.74) is 0. The highest BCUT2D eigenvalue weighted by atomic mass is 15.2. The van der Waals surface area contributed by atoms with Crippen molar-refractivity contribution in [3.8, 4) is 0 Å². The first kappa shape index (κ1) is 10.4. The quantitative estimate of drug-likeness (QED) is 0.723. The van der Waals surface area contributed by atoms with Crippen LogP contribution in [-0.4, -0.2) is 37.1 Å². The van der Waals surface area contributed by atoms with Crippen molar-refractivity contribution in [2.75, 3.05) is 26.2 Å². The molecule has 2 aliphatic heterocycles. The lowest BCUT2D eigenvalue weighted by molar-refractivity contribution is 0.0262. The van der Waals surface area contributed by atoms with Crippen LogP contribution in [0.15, 0.2) is 0 Å². The summed E-state index contributed by atoms with van der Waals surface area (Å²) in [7, 11) is 0. The van der Waals surface area contributed by atoms with Crippen LogP contribution in [-0.2, 0) is 0 Å². The number of likely N-dealkylation sites (tertiary alicyclic amines) is 1. The van der Waals surface area contributed by atoms with Crippen molar-refractivity contribution in [1.82, 2.24) is 10.2 Å². The molecule has 0 aromatic rings. The molecular weight excluding hydrogens is 172 g/mol. The molecule has 82 valence electrons. The van der Waals surface area contributed by atoms with Crippen LogP contribution >= 0.6 is 0 Å². The summed E-state index contributed by atoms with van der Waals surface area (Å²) in [5.74, 6) is 1.85. The summed E-state index contributed by atoms with van der Waals surface area (Å²) in [4.78, 5) is 2.68. The molecule has 2 fully saturated rings. The SMILES string of the molecule is CC(C)C1CN(C2CCCCNC2)C1. The summed E-state index contributed by atoms with van der Waals surface area (Å²) in [6.45, 7) is 9.87. The number of nitrogens with zero attached hydrogens (tertiary/aromatic N) is 1. The highest BCUT2D eigenvalue weighted by Gasteiger charge is 2.33. The summed E-state index contributed by atoms with van der Waals surface area (Å²) < 4.78 is 0. The fourth-order valence-corrected chi connectivity index (χ4v) is 2.58. The van der Waals surface area contributed by atoms with Crippen LogP contribution in [0.4, 0.5) is 0 Å². The third kappa shape index (κ3) is 2.29. The molecule has 0 aliphatic carbocycles. The lowest BCUT2D eigenvalue weighted by Gasteiger charge is -2.46. The summed E-state index contributed by atoms with van der Waals surface area (Å²) in [6.07, 6.45) is 4.20. The fraction of sp³-hybridized carbons (Fsp3) is 1.00.